The van der Waals surface area contributed by atoms with E-state index >= 15 is 0 Å². The lowest BCUT2D eigenvalue weighted by molar-refractivity contribution is -0.148. The zero-order valence-corrected chi connectivity index (χ0v) is 20.0. The predicted molar refractivity (Wildman–Crippen MR) is 127 cm³/mol. The Balaban J connectivity index is 1.69. The Morgan fingerprint density at radius 3 is 2.44 bits per heavy atom. The number of anilines is 1. The van der Waals surface area contributed by atoms with Gasteiger partial charge in [0.2, 0.25) is 5.78 Å². The number of aromatic hydroxyl groups is 1. The number of allylic oxidation sites excluding steroid dienone is 1. The van der Waals surface area contributed by atoms with Gasteiger partial charge in [0, 0.05) is 30.3 Å². The van der Waals surface area contributed by atoms with Crippen LogP contribution in [0.4, 0.5) is 5.69 Å². The largest absolute Gasteiger partial charge is 0.510 e. The van der Waals surface area contributed by atoms with Gasteiger partial charge >= 0.3 is 0 Å². The molecule has 1 amide bonds. The number of aliphatic hydroxyl groups is 3. The molecular formula is C25H29N3O8. The van der Waals surface area contributed by atoms with Crippen LogP contribution in [0.25, 0.3) is 0 Å². The number of aliphatic hydroxyl groups excluding tert-OH is 2. The van der Waals surface area contributed by atoms with Gasteiger partial charge in [0.15, 0.2) is 11.4 Å². The molecule has 0 spiro atoms. The summed E-state index contributed by atoms with van der Waals surface area (Å²) in [6, 6.07) is 2.15. The molecule has 0 saturated carbocycles. The van der Waals surface area contributed by atoms with E-state index in [1.165, 1.54) is 11.0 Å². The molecule has 1 fully saturated rings. The third kappa shape index (κ3) is 3.19. The number of hydrogen-bond acceptors (Lipinski definition) is 10. The van der Waals surface area contributed by atoms with Crippen LogP contribution in [0.1, 0.15) is 22.3 Å². The Kier molecular flexibility index (Phi) is 5.62. The number of phenols is 1. The van der Waals surface area contributed by atoms with Crippen LogP contribution in [0.5, 0.6) is 5.75 Å². The molecular weight excluding hydrogens is 470 g/mol. The fourth-order valence-corrected chi connectivity index (χ4v) is 6.33. The first kappa shape index (κ1) is 24.3. The second kappa shape index (κ2) is 8.32. The number of carbonyl (C=O) groups excluding carboxylic acids is 3. The van der Waals surface area contributed by atoms with Crippen LogP contribution >= 0.6 is 0 Å². The van der Waals surface area contributed by atoms with E-state index in [4.69, 9.17) is 10.5 Å². The van der Waals surface area contributed by atoms with Crippen molar-refractivity contribution in [3.8, 4) is 5.75 Å². The van der Waals surface area contributed by atoms with Gasteiger partial charge in [-0.3, -0.25) is 19.3 Å². The monoisotopic (exact) mass is 499 g/mol. The summed E-state index contributed by atoms with van der Waals surface area (Å²) >= 11 is 0. The molecule has 4 aliphatic rings. The minimum atomic E-state index is -2.64. The molecule has 36 heavy (non-hydrogen) atoms. The minimum Gasteiger partial charge on any atom is -0.510 e. The molecule has 11 nitrogen and oxygen atoms in total. The Morgan fingerprint density at radius 1 is 1.17 bits per heavy atom. The van der Waals surface area contributed by atoms with Crippen LogP contribution in [-0.2, 0) is 20.7 Å². The van der Waals surface area contributed by atoms with Crippen molar-refractivity contribution in [2.75, 3.05) is 45.3 Å². The van der Waals surface area contributed by atoms with Gasteiger partial charge in [-0.2, -0.15) is 0 Å². The van der Waals surface area contributed by atoms with Crippen molar-refractivity contribution in [3.05, 3.63) is 45.9 Å². The zero-order chi connectivity index (χ0) is 26.1. The smallest absolute Gasteiger partial charge is 0.255 e. The van der Waals surface area contributed by atoms with E-state index in [1.807, 2.05) is 0 Å². The summed E-state index contributed by atoms with van der Waals surface area (Å²) in [5.74, 6) is -6.54. The Labute approximate surface area is 207 Å². The average molecular weight is 500 g/mol. The number of morpholine rings is 1. The topological polar surface area (TPSA) is 174 Å². The number of primary amides is 1. The van der Waals surface area contributed by atoms with Crippen molar-refractivity contribution in [1.29, 1.82) is 0 Å². The number of ether oxygens (including phenoxy) is 1. The number of nitrogens with two attached hydrogens (primary N) is 1. The van der Waals surface area contributed by atoms with Gasteiger partial charge in [0.1, 0.15) is 22.8 Å². The molecule has 1 aromatic rings. The summed E-state index contributed by atoms with van der Waals surface area (Å²) in [5.41, 5.74) is 3.14. The van der Waals surface area contributed by atoms with Crippen molar-refractivity contribution < 1.29 is 39.5 Å². The van der Waals surface area contributed by atoms with Crippen molar-refractivity contribution >= 4 is 23.2 Å². The SMILES string of the molecule is CN(C)[C@H]1C(O)=C(C(N)=O)C(=O)[C@]2(O)C(O)=C3C(=O)c4c(O)ccc(N5CCOCC5)c4C[C@H]3C[C@H]12. The third-order valence-corrected chi connectivity index (χ3v) is 7.93. The second-order valence-electron chi connectivity index (χ2n) is 10.0. The molecule has 1 aromatic carbocycles. The Bertz CT molecular complexity index is 1250. The molecule has 0 bridgehead atoms. The van der Waals surface area contributed by atoms with Crippen LogP contribution in [0.2, 0.25) is 0 Å². The summed E-state index contributed by atoms with van der Waals surface area (Å²) in [7, 11) is 3.20. The molecule has 1 saturated heterocycles. The number of hydrogen-bond donors (Lipinski definition) is 5. The number of phenolic OH excluding ortho intramolecular Hbond substituents is 1. The maximum absolute atomic E-state index is 13.7. The quantitative estimate of drug-likeness (QED) is 0.355. The number of benzene rings is 1. The van der Waals surface area contributed by atoms with E-state index in [0.29, 0.717) is 31.9 Å². The number of ketones is 2. The number of nitrogens with zero attached hydrogens (tertiary/aromatic N) is 2. The van der Waals surface area contributed by atoms with E-state index in [9.17, 15) is 34.8 Å². The van der Waals surface area contributed by atoms with Crippen LogP contribution in [0.3, 0.4) is 0 Å². The highest BCUT2D eigenvalue weighted by Gasteiger charge is 2.63. The number of amides is 1. The highest BCUT2D eigenvalue weighted by atomic mass is 16.5. The number of Topliss-reactive ketones (excluding diaryl/α,β-unsaturated/α-hetero) is 2. The van der Waals surface area contributed by atoms with Gasteiger partial charge in [-0.15, -0.1) is 0 Å². The van der Waals surface area contributed by atoms with Gasteiger partial charge in [-0.25, -0.2) is 0 Å². The van der Waals surface area contributed by atoms with E-state index in [1.54, 1.807) is 20.2 Å². The van der Waals surface area contributed by atoms with Crippen LogP contribution in [0, 0.1) is 11.8 Å². The molecule has 1 heterocycles. The van der Waals surface area contributed by atoms with Gasteiger partial charge in [-0.05, 0) is 50.6 Å². The van der Waals surface area contributed by atoms with Gasteiger partial charge in [0.05, 0.1) is 24.8 Å². The maximum Gasteiger partial charge on any atom is 0.255 e. The standard InChI is InChI=1S/C25H29N3O8/c1-27(2)19-13-10-11-9-12-14(28-5-7-36-8-6-28)3-4-15(29)17(12)20(30)16(11)22(32)25(13,35)23(33)18(21(19)31)24(26)34/h3-4,11,13,19,29,31-32,35H,5-10H2,1-2H3,(H2,26,34)/t11-,13+,19+,25+/m0/s1. The molecule has 192 valence electrons. The molecule has 0 radical (unpaired) electrons. The molecule has 1 aliphatic heterocycles. The summed E-state index contributed by atoms with van der Waals surface area (Å²) in [4.78, 5) is 42.7. The number of likely N-dealkylation sites (N-methyl/N-ethyl adjacent to an activating group) is 1. The van der Waals surface area contributed by atoms with Crippen molar-refractivity contribution in [2.45, 2.75) is 24.5 Å². The normalized spacial score (nSPS) is 30.3. The van der Waals surface area contributed by atoms with Crippen LogP contribution in [0.15, 0.2) is 34.8 Å². The summed E-state index contributed by atoms with van der Waals surface area (Å²) in [5, 5.41) is 44.4. The van der Waals surface area contributed by atoms with E-state index in [0.717, 1.165) is 5.69 Å². The third-order valence-electron chi connectivity index (χ3n) is 7.93. The summed E-state index contributed by atoms with van der Waals surface area (Å²) < 4.78 is 5.44. The van der Waals surface area contributed by atoms with Crippen molar-refractivity contribution in [3.63, 3.8) is 0 Å². The Hall–Kier alpha value is -3.41. The van der Waals surface area contributed by atoms with Gasteiger partial charge < -0.3 is 35.8 Å². The molecule has 6 N–H and O–H groups in total. The lowest BCUT2D eigenvalue weighted by atomic mass is 9.58. The van der Waals surface area contributed by atoms with Crippen LogP contribution < -0.4 is 10.6 Å². The highest BCUT2D eigenvalue weighted by Crippen LogP contribution is 2.53. The second-order valence-corrected chi connectivity index (χ2v) is 10.0. The van der Waals surface area contributed by atoms with E-state index < -0.39 is 58.0 Å². The molecule has 11 heteroatoms. The van der Waals surface area contributed by atoms with E-state index in [-0.39, 0.29) is 29.7 Å². The summed E-state index contributed by atoms with van der Waals surface area (Å²) in [6.45, 7) is 2.26. The van der Waals surface area contributed by atoms with Crippen molar-refractivity contribution in [2.24, 2.45) is 17.6 Å². The minimum absolute atomic E-state index is 0.0137. The van der Waals surface area contributed by atoms with E-state index in [2.05, 4.69) is 4.90 Å². The number of rotatable bonds is 3. The van der Waals surface area contributed by atoms with Gasteiger partial charge in [-0.1, -0.05) is 0 Å². The molecule has 3 aliphatic carbocycles. The first-order valence-electron chi connectivity index (χ1n) is 11.8. The van der Waals surface area contributed by atoms with Gasteiger partial charge in [0.25, 0.3) is 5.91 Å². The lowest BCUT2D eigenvalue weighted by Crippen LogP contribution is -2.63. The predicted octanol–water partition coefficient (Wildman–Crippen LogP) is -0.0428. The average Bonchev–Trinajstić information content (AvgIpc) is 2.81. The molecule has 5 rings (SSSR count). The molecule has 0 unspecified atom stereocenters. The highest BCUT2D eigenvalue weighted by molar-refractivity contribution is 6.24. The number of carbonyl (C=O) groups is 3. The fourth-order valence-electron chi connectivity index (χ4n) is 6.33. The van der Waals surface area contributed by atoms with Crippen molar-refractivity contribution in [1.82, 2.24) is 4.90 Å². The zero-order valence-electron chi connectivity index (χ0n) is 20.0. The lowest BCUT2D eigenvalue weighted by Gasteiger charge is -2.50. The first-order chi connectivity index (χ1) is 17.0. The Morgan fingerprint density at radius 2 is 1.83 bits per heavy atom. The summed E-state index contributed by atoms with van der Waals surface area (Å²) in [6.07, 6.45) is 0.319. The first-order valence-corrected chi connectivity index (χ1v) is 11.8. The maximum atomic E-state index is 13.7. The molecule has 4 atom stereocenters. The fraction of sp³-hybridized carbons (Fsp3) is 0.480. The van der Waals surface area contributed by atoms with Crippen LogP contribution in [-0.4, -0.2) is 94.8 Å². The number of fused-ring (bicyclic) bond motifs is 3. The molecule has 0 aromatic heterocycles.